The molecule has 3 rings (SSSR count). The summed E-state index contributed by atoms with van der Waals surface area (Å²) in [6, 6.07) is 11.8. The highest BCUT2D eigenvalue weighted by Gasteiger charge is 2.24. The van der Waals surface area contributed by atoms with Crippen molar-refractivity contribution < 1.29 is 14.7 Å². The smallest absolute Gasteiger partial charge is 0.335 e. The number of aromatic nitrogens is 1. The van der Waals surface area contributed by atoms with Crippen LogP contribution in [0.2, 0.25) is 0 Å². The van der Waals surface area contributed by atoms with Crippen molar-refractivity contribution in [1.82, 2.24) is 4.98 Å². The second-order valence-electron chi connectivity index (χ2n) is 6.30. The molecule has 0 fully saturated rings. The van der Waals surface area contributed by atoms with Crippen molar-refractivity contribution in [2.24, 2.45) is 0 Å². The number of aromatic carboxylic acids is 1. The van der Waals surface area contributed by atoms with Gasteiger partial charge in [-0.15, -0.1) is 0 Å². The molecule has 0 saturated carbocycles. The number of nitrogens with one attached hydrogen (secondary N) is 1. The number of hydrogen-bond acceptors (Lipinski definition) is 8. The molecule has 0 spiro atoms. The fourth-order valence-corrected chi connectivity index (χ4v) is 4.34. The van der Waals surface area contributed by atoms with E-state index < -0.39 is 17.1 Å². The van der Waals surface area contributed by atoms with Gasteiger partial charge in [0, 0.05) is 11.3 Å². The van der Waals surface area contributed by atoms with Crippen LogP contribution in [0.5, 0.6) is 0 Å². The third-order valence-corrected chi connectivity index (χ3v) is 6.03. The van der Waals surface area contributed by atoms with Gasteiger partial charge in [-0.05, 0) is 47.5 Å². The van der Waals surface area contributed by atoms with E-state index in [-0.39, 0.29) is 27.5 Å². The summed E-state index contributed by atoms with van der Waals surface area (Å²) in [5, 5.41) is 34.2. The van der Waals surface area contributed by atoms with Gasteiger partial charge in [-0.1, -0.05) is 17.8 Å². The zero-order chi connectivity index (χ0) is 22.5. The molecule has 2 heterocycles. The van der Waals surface area contributed by atoms with E-state index in [0.717, 1.165) is 11.8 Å². The fraction of sp³-hybridized carbons (Fsp3) is 0.0952. The number of nitrogen functional groups attached to an aromatic ring is 1. The molecule has 0 radical (unpaired) electrons. The third kappa shape index (κ3) is 4.67. The van der Waals surface area contributed by atoms with Gasteiger partial charge >= 0.3 is 5.97 Å². The lowest BCUT2D eigenvalue weighted by molar-refractivity contribution is -0.115. The first-order chi connectivity index (χ1) is 14.8. The number of carbonyl (C=O) groups is 2. The molecular weight excluding hydrogens is 434 g/mol. The van der Waals surface area contributed by atoms with Crippen LogP contribution < -0.4 is 11.1 Å². The average Bonchev–Trinajstić information content (AvgIpc) is 3.28. The number of carbonyl (C=O) groups excluding carboxylic acids is 1. The van der Waals surface area contributed by atoms with Crippen molar-refractivity contribution in [3.05, 3.63) is 57.8 Å². The molecule has 1 atom stereocenters. The molecule has 1 amide bonds. The van der Waals surface area contributed by atoms with Gasteiger partial charge in [0.05, 0.1) is 16.4 Å². The zero-order valence-electron chi connectivity index (χ0n) is 16.1. The lowest BCUT2D eigenvalue weighted by Crippen LogP contribution is -2.23. The molecule has 2 aromatic heterocycles. The molecule has 0 aliphatic rings. The summed E-state index contributed by atoms with van der Waals surface area (Å²) >= 11 is 2.44. The van der Waals surface area contributed by atoms with Crippen molar-refractivity contribution in [2.45, 2.75) is 17.2 Å². The number of hydrogen-bond donors (Lipinski definition) is 3. The van der Waals surface area contributed by atoms with E-state index in [1.165, 1.54) is 29.5 Å². The summed E-state index contributed by atoms with van der Waals surface area (Å²) < 4.78 is 0. The number of carboxylic acids is 1. The lowest BCUT2D eigenvalue weighted by Gasteiger charge is -2.15. The molecule has 154 valence electrons. The maximum atomic E-state index is 12.6. The molecule has 0 saturated heterocycles. The number of thiophene rings is 1. The number of benzene rings is 1. The maximum absolute atomic E-state index is 12.6. The molecule has 0 bridgehead atoms. The van der Waals surface area contributed by atoms with Gasteiger partial charge in [-0.3, -0.25) is 4.79 Å². The number of carboxylic acid groups (broad SMARTS) is 1. The van der Waals surface area contributed by atoms with E-state index in [2.05, 4.69) is 16.4 Å². The van der Waals surface area contributed by atoms with Gasteiger partial charge in [-0.25, -0.2) is 9.78 Å². The number of nitriles is 2. The predicted molar refractivity (Wildman–Crippen MR) is 119 cm³/mol. The fourth-order valence-electron chi connectivity index (χ4n) is 2.77. The number of nitrogens with two attached hydrogens (primary N) is 1. The number of amides is 1. The van der Waals surface area contributed by atoms with Crippen LogP contribution in [0.25, 0.3) is 11.1 Å². The number of anilines is 2. The SMILES string of the molecule is CC(Sc1nc(N)c(C#N)c(-c2ccsc2)c1C#N)C(=O)Nc1cccc(C(=O)O)c1. The van der Waals surface area contributed by atoms with Crippen LogP contribution in [0, 0.1) is 22.7 Å². The Morgan fingerprint density at radius 1 is 1.26 bits per heavy atom. The second-order valence-corrected chi connectivity index (χ2v) is 8.41. The van der Waals surface area contributed by atoms with Gasteiger partial charge in [0.2, 0.25) is 5.91 Å². The molecule has 3 aromatic rings. The Morgan fingerprint density at radius 3 is 2.61 bits per heavy atom. The lowest BCUT2D eigenvalue weighted by atomic mass is 9.99. The van der Waals surface area contributed by atoms with Crippen LogP contribution in [0.3, 0.4) is 0 Å². The molecule has 8 nitrogen and oxygen atoms in total. The molecule has 10 heteroatoms. The molecule has 1 aromatic carbocycles. The Balaban J connectivity index is 1.91. The summed E-state index contributed by atoms with van der Waals surface area (Å²) in [5.41, 5.74) is 7.71. The number of rotatable bonds is 6. The number of pyridine rings is 1. The number of thioether (sulfide) groups is 1. The van der Waals surface area contributed by atoms with Gasteiger partial charge in [0.25, 0.3) is 0 Å². The molecule has 0 aliphatic heterocycles. The van der Waals surface area contributed by atoms with Crippen LogP contribution >= 0.6 is 23.1 Å². The van der Waals surface area contributed by atoms with Crippen molar-refractivity contribution in [3.8, 4) is 23.3 Å². The quantitative estimate of drug-likeness (QED) is 0.478. The molecule has 4 N–H and O–H groups in total. The van der Waals surface area contributed by atoms with Crippen LogP contribution in [0.15, 0.2) is 46.1 Å². The largest absolute Gasteiger partial charge is 0.478 e. The first-order valence-electron chi connectivity index (χ1n) is 8.82. The number of nitrogens with zero attached hydrogens (tertiary/aromatic N) is 3. The first-order valence-corrected chi connectivity index (χ1v) is 10.6. The topological polar surface area (TPSA) is 153 Å². The van der Waals surface area contributed by atoms with Crippen molar-refractivity contribution in [3.63, 3.8) is 0 Å². The highest BCUT2D eigenvalue weighted by Crippen LogP contribution is 2.37. The molecule has 0 aliphatic carbocycles. The Kier molecular flexibility index (Phi) is 6.55. The Labute approximate surface area is 186 Å². The molecular formula is C21H15N5O3S2. The Morgan fingerprint density at radius 2 is 2.00 bits per heavy atom. The minimum atomic E-state index is -1.10. The third-order valence-electron chi connectivity index (χ3n) is 4.26. The first kappa shape index (κ1) is 21.8. The van der Waals surface area contributed by atoms with Gasteiger partial charge in [0.1, 0.15) is 28.5 Å². The minimum Gasteiger partial charge on any atom is -0.478 e. The highest BCUT2D eigenvalue weighted by molar-refractivity contribution is 8.00. The Hall–Kier alpha value is -3.86. The standard InChI is InChI=1S/C21H15N5O3S2/c1-11(19(27)25-14-4-2-3-12(7-14)21(28)29)31-20-16(9-23)17(13-5-6-30-10-13)15(8-22)18(24)26-20/h2-7,10-11H,1H3,(H2,24,26)(H,25,27)(H,28,29). The van der Waals surface area contributed by atoms with Gasteiger partial charge < -0.3 is 16.2 Å². The highest BCUT2D eigenvalue weighted by atomic mass is 32.2. The molecule has 1 unspecified atom stereocenters. The van der Waals surface area contributed by atoms with Crippen molar-refractivity contribution in [1.29, 1.82) is 10.5 Å². The van der Waals surface area contributed by atoms with E-state index in [0.29, 0.717) is 16.8 Å². The van der Waals surface area contributed by atoms with Crippen LogP contribution in [-0.2, 0) is 4.79 Å². The van der Waals surface area contributed by atoms with E-state index in [4.69, 9.17) is 10.8 Å². The Bertz CT molecular complexity index is 1240. The second kappa shape index (κ2) is 9.30. The molecule has 31 heavy (non-hydrogen) atoms. The average molecular weight is 450 g/mol. The van der Waals surface area contributed by atoms with Crippen molar-refractivity contribution in [2.75, 3.05) is 11.1 Å². The minimum absolute atomic E-state index is 0.0213. The van der Waals surface area contributed by atoms with Gasteiger partial charge in [-0.2, -0.15) is 21.9 Å². The zero-order valence-corrected chi connectivity index (χ0v) is 17.8. The summed E-state index contributed by atoms with van der Waals surface area (Å²) in [5.74, 6) is -1.53. The maximum Gasteiger partial charge on any atom is 0.335 e. The van der Waals surface area contributed by atoms with Crippen LogP contribution in [0.4, 0.5) is 11.5 Å². The normalized spacial score (nSPS) is 11.2. The van der Waals surface area contributed by atoms with E-state index in [9.17, 15) is 20.1 Å². The van der Waals surface area contributed by atoms with Crippen LogP contribution in [-0.4, -0.2) is 27.2 Å². The van der Waals surface area contributed by atoms with Gasteiger partial charge in [0.15, 0.2) is 0 Å². The summed E-state index contributed by atoms with van der Waals surface area (Å²) in [6.07, 6.45) is 0. The predicted octanol–water partition coefficient (Wildman–Crippen LogP) is 3.95. The van der Waals surface area contributed by atoms with Crippen molar-refractivity contribution >= 4 is 46.5 Å². The van der Waals surface area contributed by atoms with E-state index in [1.807, 2.05) is 11.4 Å². The summed E-state index contributed by atoms with van der Waals surface area (Å²) in [6.45, 7) is 1.63. The van der Waals surface area contributed by atoms with E-state index >= 15 is 0 Å². The monoisotopic (exact) mass is 449 g/mol. The summed E-state index contributed by atoms with van der Waals surface area (Å²) in [7, 11) is 0. The van der Waals surface area contributed by atoms with E-state index in [1.54, 1.807) is 24.4 Å². The summed E-state index contributed by atoms with van der Waals surface area (Å²) in [4.78, 5) is 27.9. The van der Waals surface area contributed by atoms with Crippen LogP contribution in [0.1, 0.15) is 28.4 Å².